The van der Waals surface area contributed by atoms with Crippen LogP contribution in [-0.4, -0.2) is 30.9 Å². The zero-order valence-electron chi connectivity index (χ0n) is 14.9. The fraction of sp³-hybridized carbons (Fsp3) is 0.200. The molecule has 0 aliphatic rings. The Balaban J connectivity index is 1.74. The minimum Gasteiger partial charge on any atom is -0.452 e. The number of nitrogens with zero attached hydrogens (tertiary/aromatic N) is 1. The van der Waals surface area contributed by atoms with Crippen molar-refractivity contribution in [3.05, 3.63) is 65.5 Å². The molecule has 0 spiro atoms. The van der Waals surface area contributed by atoms with E-state index in [1.807, 2.05) is 0 Å². The molecule has 0 aliphatic carbocycles. The molecule has 7 nitrogen and oxygen atoms in total. The average molecular weight is 383 g/mol. The molecular formula is C20H18FN3O4. The Morgan fingerprint density at radius 2 is 1.75 bits per heavy atom. The zero-order valence-corrected chi connectivity index (χ0v) is 14.9. The third-order valence-corrected chi connectivity index (χ3v) is 3.65. The van der Waals surface area contributed by atoms with Crippen LogP contribution < -0.4 is 10.6 Å². The van der Waals surface area contributed by atoms with E-state index in [4.69, 9.17) is 10.00 Å². The number of carbonyl (C=O) groups is 3. The molecule has 28 heavy (non-hydrogen) atoms. The van der Waals surface area contributed by atoms with Crippen LogP contribution in [0.15, 0.2) is 48.5 Å². The summed E-state index contributed by atoms with van der Waals surface area (Å²) in [5.74, 6) is -1.98. The Morgan fingerprint density at radius 3 is 2.43 bits per heavy atom. The van der Waals surface area contributed by atoms with Crippen molar-refractivity contribution < 1.29 is 23.5 Å². The van der Waals surface area contributed by atoms with E-state index in [2.05, 4.69) is 10.6 Å². The van der Waals surface area contributed by atoms with Crippen LogP contribution in [0, 0.1) is 17.1 Å². The van der Waals surface area contributed by atoms with Crippen molar-refractivity contribution in [3.63, 3.8) is 0 Å². The van der Waals surface area contributed by atoms with Gasteiger partial charge in [-0.15, -0.1) is 0 Å². The number of carbonyl (C=O) groups excluding carboxylic acids is 3. The minimum atomic E-state index is -0.695. The van der Waals surface area contributed by atoms with Crippen LogP contribution >= 0.6 is 0 Å². The molecule has 0 aromatic heterocycles. The maximum absolute atomic E-state index is 13.5. The molecule has 2 rings (SSSR count). The van der Waals surface area contributed by atoms with Gasteiger partial charge >= 0.3 is 5.97 Å². The second kappa shape index (κ2) is 10.4. The summed E-state index contributed by atoms with van der Waals surface area (Å²) in [4.78, 5) is 35.0. The molecule has 0 atom stereocenters. The highest BCUT2D eigenvalue weighted by molar-refractivity contribution is 5.94. The Kier molecular flexibility index (Phi) is 7.66. The van der Waals surface area contributed by atoms with Gasteiger partial charge in [0.25, 0.3) is 5.91 Å². The molecular weight excluding hydrogens is 365 g/mol. The highest BCUT2D eigenvalue weighted by atomic mass is 19.1. The van der Waals surface area contributed by atoms with Crippen molar-refractivity contribution in [2.45, 2.75) is 12.8 Å². The fourth-order valence-electron chi connectivity index (χ4n) is 2.27. The number of nitrogens with one attached hydrogen (secondary N) is 2. The Hall–Kier alpha value is -3.73. The van der Waals surface area contributed by atoms with Crippen LogP contribution in [0.2, 0.25) is 0 Å². The number of hydrogen-bond donors (Lipinski definition) is 2. The number of esters is 1. The van der Waals surface area contributed by atoms with Gasteiger partial charge in [0, 0.05) is 12.2 Å². The lowest BCUT2D eigenvalue weighted by Crippen LogP contribution is -2.30. The van der Waals surface area contributed by atoms with Gasteiger partial charge in [-0.1, -0.05) is 18.2 Å². The predicted molar refractivity (Wildman–Crippen MR) is 98.7 cm³/mol. The predicted octanol–water partition coefficient (Wildman–Crippen LogP) is 2.19. The Bertz CT molecular complexity index is 891. The first-order valence-electron chi connectivity index (χ1n) is 8.43. The number of rotatable bonds is 8. The molecule has 0 bridgehead atoms. The number of ether oxygens (including phenoxy) is 1. The fourth-order valence-corrected chi connectivity index (χ4v) is 2.27. The molecule has 2 aromatic rings. The Morgan fingerprint density at radius 1 is 1.04 bits per heavy atom. The zero-order chi connectivity index (χ0) is 20.4. The van der Waals surface area contributed by atoms with E-state index in [1.54, 1.807) is 24.3 Å². The second-order valence-corrected chi connectivity index (χ2v) is 5.73. The van der Waals surface area contributed by atoms with Crippen molar-refractivity contribution in [2.75, 3.05) is 18.5 Å². The number of nitriles is 1. The number of hydrogen-bond acceptors (Lipinski definition) is 5. The van der Waals surface area contributed by atoms with E-state index in [9.17, 15) is 18.8 Å². The van der Waals surface area contributed by atoms with Crippen molar-refractivity contribution >= 4 is 23.5 Å². The van der Waals surface area contributed by atoms with Crippen LogP contribution in [-0.2, 0) is 20.7 Å². The van der Waals surface area contributed by atoms with E-state index in [0.717, 1.165) is 0 Å². The minimum absolute atomic E-state index is 0.206. The molecule has 0 heterocycles. The molecule has 0 fully saturated rings. The summed E-state index contributed by atoms with van der Waals surface area (Å²) >= 11 is 0. The van der Waals surface area contributed by atoms with Crippen molar-refractivity contribution in [1.29, 1.82) is 5.26 Å². The number of amides is 2. The topological polar surface area (TPSA) is 108 Å². The van der Waals surface area contributed by atoms with Gasteiger partial charge < -0.3 is 15.4 Å². The molecule has 144 valence electrons. The first kappa shape index (κ1) is 20.6. The van der Waals surface area contributed by atoms with Gasteiger partial charge in [-0.2, -0.15) is 5.26 Å². The normalized spacial score (nSPS) is 9.86. The van der Waals surface area contributed by atoms with Gasteiger partial charge in [-0.3, -0.25) is 9.59 Å². The van der Waals surface area contributed by atoms with E-state index in [1.165, 1.54) is 30.3 Å². The van der Waals surface area contributed by atoms with Crippen LogP contribution in [0.5, 0.6) is 0 Å². The number of halogens is 1. The molecule has 2 amide bonds. The van der Waals surface area contributed by atoms with Gasteiger partial charge in [-0.25, -0.2) is 9.18 Å². The third kappa shape index (κ3) is 6.53. The van der Waals surface area contributed by atoms with E-state index in [0.29, 0.717) is 17.7 Å². The van der Waals surface area contributed by atoms with Gasteiger partial charge in [0.05, 0.1) is 11.6 Å². The maximum Gasteiger partial charge on any atom is 0.338 e. The lowest BCUT2D eigenvalue weighted by atomic mass is 10.1. The molecule has 0 saturated carbocycles. The van der Waals surface area contributed by atoms with Gasteiger partial charge in [0.2, 0.25) is 5.91 Å². The summed E-state index contributed by atoms with van der Waals surface area (Å²) in [6, 6.07) is 13.8. The SMILES string of the molecule is N#CCC(=O)Nc1ccc(C(=O)OCC(=O)NCCc2ccccc2F)cc1. The summed E-state index contributed by atoms with van der Waals surface area (Å²) in [6.45, 7) is -0.245. The van der Waals surface area contributed by atoms with Crippen LogP contribution in [0.1, 0.15) is 22.3 Å². The molecule has 0 saturated heterocycles. The lowest BCUT2D eigenvalue weighted by molar-refractivity contribution is -0.124. The van der Waals surface area contributed by atoms with Gasteiger partial charge in [0.15, 0.2) is 6.61 Å². The van der Waals surface area contributed by atoms with Crippen LogP contribution in [0.4, 0.5) is 10.1 Å². The highest BCUT2D eigenvalue weighted by Gasteiger charge is 2.11. The Labute approximate surface area is 161 Å². The summed E-state index contributed by atoms with van der Waals surface area (Å²) in [7, 11) is 0. The molecule has 0 unspecified atom stereocenters. The van der Waals surface area contributed by atoms with Crippen molar-refractivity contribution in [3.8, 4) is 6.07 Å². The largest absolute Gasteiger partial charge is 0.452 e. The molecule has 2 N–H and O–H groups in total. The first-order valence-corrected chi connectivity index (χ1v) is 8.43. The van der Waals surface area contributed by atoms with E-state index >= 15 is 0 Å². The number of anilines is 1. The molecule has 8 heteroatoms. The third-order valence-electron chi connectivity index (χ3n) is 3.65. The van der Waals surface area contributed by atoms with Crippen LogP contribution in [0.25, 0.3) is 0 Å². The smallest absolute Gasteiger partial charge is 0.338 e. The summed E-state index contributed by atoms with van der Waals surface area (Å²) < 4.78 is 18.4. The quantitative estimate of drug-likeness (QED) is 0.680. The van der Waals surface area contributed by atoms with Crippen LogP contribution in [0.3, 0.4) is 0 Å². The first-order chi connectivity index (χ1) is 13.5. The molecule has 2 aromatic carbocycles. The summed E-state index contributed by atoms with van der Waals surface area (Å²) in [5, 5.41) is 13.5. The summed E-state index contributed by atoms with van der Waals surface area (Å²) in [6.07, 6.45) is 0.0567. The lowest BCUT2D eigenvalue weighted by Gasteiger charge is -2.08. The monoisotopic (exact) mass is 383 g/mol. The van der Waals surface area contributed by atoms with Gasteiger partial charge in [0.1, 0.15) is 12.2 Å². The van der Waals surface area contributed by atoms with E-state index < -0.39 is 24.4 Å². The number of benzene rings is 2. The van der Waals surface area contributed by atoms with E-state index in [-0.39, 0.29) is 24.3 Å². The van der Waals surface area contributed by atoms with Gasteiger partial charge in [-0.05, 0) is 42.3 Å². The summed E-state index contributed by atoms with van der Waals surface area (Å²) in [5.41, 5.74) is 1.13. The highest BCUT2D eigenvalue weighted by Crippen LogP contribution is 2.11. The second-order valence-electron chi connectivity index (χ2n) is 5.73. The average Bonchev–Trinajstić information content (AvgIpc) is 2.68. The maximum atomic E-state index is 13.5. The van der Waals surface area contributed by atoms with Crippen molar-refractivity contribution in [2.24, 2.45) is 0 Å². The molecule has 0 aliphatic heterocycles. The van der Waals surface area contributed by atoms with Crippen molar-refractivity contribution in [1.82, 2.24) is 5.32 Å². The molecule has 0 radical (unpaired) electrons. The standard InChI is InChI=1S/C20H18FN3O4/c21-17-4-2-1-3-14(17)10-12-23-19(26)13-28-20(27)15-5-7-16(8-6-15)24-18(25)9-11-22/h1-8H,9-10,12-13H2,(H,23,26)(H,24,25).